The summed E-state index contributed by atoms with van der Waals surface area (Å²) >= 11 is 3.49. The highest BCUT2D eigenvalue weighted by Gasteiger charge is 2.10. The highest BCUT2D eigenvalue weighted by atomic mass is 79.9. The molecule has 0 aliphatic rings. The number of nitrogens with one attached hydrogen (secondary N) is 1. The normalized spacial score (nSPS) is 11.0. The van der Waals surface area contributed by atoms with Crippen molar-refractivity contribution in [3.63, 3.8) is 0 Å². The van der Waals surface area contributed by atoms with Crippen LogP contribution in [0, 0.1) is 0 Å². The lowest BCUT2D eigenvalue weighted by atomic mass is 10.0. The van der Waals surface area contributed by atoms with Crippen LogP contribution in [0.2, 0.25) is 0 Å². The second-order valence-corrected chi connectivity index (χ2v) is 9.64. The Morgan fingerprint density at radius 3 is 2.35 bits per heavy atom. The summed E-state index contributed by atoms with van der Waals surface area (Å²) in [6.07, 6.45) is 4.37. The number of aromatic nitrogens is 2. The van der Waals surface area contributed by atoms with Crippen LogP contribution in [0.1, 0.15) is 30.7 Å². The molecule has 34 heavy (non-hydrogen) atoms. The van der Waals surface area contributed by atoms with Gasteiger partial charge in [-0.05, 0) is 41.7 Å². The molecule has 0 spiro atoms. The van der Waals surface area contributed by atoms with Crippen LogP contribution >= 0.6 is 15.9 Å². The number of para-hydroxylation sites is 2. The van der Waals surface area contributed by atoms with Gasteiger partial charge in [-0.25, -0.2) is 4.98 Å². The highest BCUT2D eigenvalue weighted by molar-refractivity contribution is 9.11. The molecule has 5 heteroatoms. The maximum absolute atomic E-state index is 12.3. The number of fused-ring (bicyclic) bond motifs is 1. The maximum atomic E-state index is 12.3. The second kappa shape index (κ2) is 11.8. The predicted molar refractivity (Wildman–Crippen MR) is 144 cm³/mol. The summed E-state index contributed by atoms with van der Waals surface area (Å²) in [5.41, 5.74) is 5.55. The Morgan fingerprint density at radius 2 is 1.59 bits per heavy atom. The van der Waals surface area contributed by atoms with Gasteiger partial charge < -0.3 is 9.88 Å². The zero-order chi connectivity index (χ0) is 23.8. The first kappa shape index (κ1) is 24.0. The number of amides is 1. The van der Waals surface area contributed by atoms with E-state index in [4.69, 9.17) is 4.98 Å². The lowest BCUT2D eigenvalue weighted by Crippen LogP contribution is -2.26. The largest absolute Gasteiger partial charge is 0.356 e. The average Bonchev–Trinajstić information content (AvgIpc) is 3.19. The lowest BCUT2D eigenvalue weighted by Gasteiger charge is -2.09. The van der Waals surface area contributed by atoms with E-state index in [1.54, 1.807) is 0 Å². The van der Waals surface area contributed by atoms with Gasteiger partial charge >= 0.3 is 0 Å². The molecule has 1 amide bonds. The standard InChI is InChI=1S/C29H30BrN3O/c1-22(30)21-33-27-13-8-7-12-26(27)32-28(33)14-6-3-9-19-31-29(34)20-23-15-17-25(18-16-23)24-10-4-2-5-11-24/h2,4-5,7-8,10-13,15-18H,1,3,6,9,14,19-21H2,(H,31,34). The van der Waals surface area contributed by atoms with Crippen molar-refractivity contribution in [2.45, 2.75) is 38.6 Å². The van der Waals surface area contributed by atoms with Crippen LogP contribution in [0.25, 0.3) is 22.2 Å². The van der Waals surface area contributed by atoms with Crippen LogP contribution in [-0.2, 0) is 24.2 Å². The topological polar surface area (TPSA) is 46.9 Å². The number of halogens is 1. The third kappa shape index (κ3) is 6.45. The fraction of sp³-hybridized carbons (Fsp3) is 0.241. The minimum atomic E-state index is 0.0742. The van der Waals surface area contributed by atoms with Crippen LogP contribution in [0.15, 0.2) is 89.9 Å². The van der Waals surface area contributed by atoms with Gasteiger partial charge in [0.15, 0.2) is 0 Å². The van der Waals surface area contributed by atoms with Gasteiger partial charge in [-0.1, -0.05) is 95.7 Å². The van der Waals surface area contributed by atoms with E-state index in [9.17, 15) is 4.79 Å². The number of carbonyl (C=O) groups excluding carboxylic acids is 1. The third-order valence-corrected chi connectivity index (χ3v) is 6.14. The first-order valence-electron chi connectivity index (χ1n) is 11.8. The number of allylic oxidation sites excluding steroid dienone is 1. The number of unbranched alkanes of at least 4 members (excludes halogenated alkanes) is 2. The maximum Gasteiger partial charge on any atom is 0.224 e. The molecule has 174 valence electrons. The second-order valence-electron chi connectivity index (χ2n) is 8.52. The van der Waals surface area contributed by atoms with Crippen molar-refractivity contribution in [3.05, 3.63) is 101 Å². The fourth-order valence-electron chi connectivity index (χ4n) is 4.17. The van der Waals surface area contributed by atoms with Crippen LogP contribution in [-0.4, -0.2) is 22.0 Å². The first-order chi connectivity index (χ1) is 16.6. The highest BCUT2D eigenvalue weighted by Crippen LogP contribution is 2.21. The van der Waals surface area contributed by atoms with Crippen LogP contribution in [0.3, 0.4) is 0 Å². The molecule has 0 aliphatic carbocycles. The molecule has 0 saturated heterocycles. The first-order valence-corrected chi connectivity index (χ1v) is 12.6. The molecule has 4 rings (SSSR count). The van der Waals surface area contributed by atoms with Crippen LogP contribution < -0.4 is 5.32 Å². The molecule has 0 unspecified atom stereocenters. The Balaban J connectivity index is 1.19. The number of nitrogens with zero attached hydrogens (tertiary/aromatic N) is 2. The SMILES string of the molecule is C=C(Br)Cn1c(CCCCCNC(=O)Cc2ccc(-c3ccccc3)cc2)nc2ccccc21. The Morgan fingerprint density at radius 1 is 0.882 bits per heavy atom. The Hall–Kier alpha value is -3.18. The molecule has 4 nitrogen and oxygen atoms in total. The molecule has 3 aromatic carbocycles. The summed E-state index contributed by atoms with van der Waals surface area (Å²) < 4.78 is 3.17. The van der Waals surface area contributed by atoms with Gasteiger partial charge in [-0.15, -0.1) is 0 Å². The molecule has 0 aliphatic heterocycles. The van der Waals surface area contributed by atoms with Crippen LogP contribution in [0.5, 0.6) is 0 Å². The summed E-state index contributed by atoms with van der Waals surface area (Å²) in [7, 11) is 0. The molecule has 0 fully saturated rings. The van der Waals surface area contributed by atoms with Gasteiger partial charge in [0.25, 0.3) is 0 Å². The van der Waals surface area contributed by atoms with Crippen molar-refractivity contribution in [2.24, 2.45) is 0 Å². The molecule has 1 aromatic heterocycles. The number of carbonyl (C=O) groups is 1. The predicted octanol–water partition coefficient (Wildman–Crippen LogP) is 6.68. The summed E-state index contributed by atoms with van der Waals surface area (Å²) in [6, 6.07) is 26.7. The minimum absolute atomic E-state index is 0.0742. The zero-order valence-electron chi connectivity index (χ0n) is 19.3. The summed E-state index contributed by atoms with van der Waals surface area (Å²) in [4.78, 5) is 17.1. The zero-order valence-corrected chi connectivity index (χ0v) is 20.9. The van der Waals surface area contributed by atoms with E-state index in [1.165, 1.54) is 11.1 Å². The number of hydrogen-bond donors (Lipinski definition) is 1. The van der Waals surface area contributed by atoms with E-state index in [0.717, 1.165) is 59.1 Å². The van der Waals surface area contributed by atoms with Crippen molar-refractivity contribution in [1.29, 1.82) is 0 Å². The number of benzene rings is 3. The van der Waals surface area contributed by atoms with Crippen LogP contribution in [0.4, 0.5) is 0 Å². The van der Waals surface area contributed by atoms with Gasteiger partial charge in [0, 0.05) is 17.4 Å². The minimum Gasteiger partial charge on any atom is -0.356 e. The number of aryl methyl sites for hydroxylation is 1. The summed E-state index contributed by atoms with van der Waals surface area (Å²) in [5, 5.41) is 3.06. The molecular formula is C29H30BrN3O. The van der Waals surface area contributed by atoms with Gasteiger partial charge in [-0.2, -0.15) is 0 Å². The molecule has 0 atom stereocenters. The number of imidazole rings is 1. The van der Waals surface area contributed by atoms with E-state index >= 15 is 0 Å². The molecule has 1 N–H and O–H groups in total. The molecule has 0 radical (unpaired) electrons. The van der Waals surface area contributed by atoms with E-state index < -0.39 is 0 Å². The van der Waals surface area contributed by atoms with Gasteiger partial charge in [0.1, 0.15) is 5.82 Å². The third-order valence-electron chi connectivity index (χ3n) is 5.89. The monoisotopic (exact) mass is 515 g/mol. The van der Waals surface area contributed by atoms with Gasteiger partial charge in [-0.3, -0.25) is 4.79 Å². The van der Waals surface area contributed by atoms with E-state index in [1.807, 2.05) is 42.5 Å². The smallest absolute Gasteiger partial charge is 0.224 e. The Kier molecular flexibility index (Phi) is 8.31. The van der Waals surface area contributed by atoms with Crippen molar-refractivity contribution in [2.75, 3.05) is 6.54 Å². The van der Waals surface area contributed by atoms with Crippen molar-refractivity contribution < 1.29 is 4.79 Å². The molecular weight excluding hydrogens is 486 g/mol. The average molecular weight is 516 g/mol. The van der Waals surface area contributed by atoms with E-state index in [2.05, 4.69) is 68.8 Å². The van der Waals surface area contributed by atoms with E-state index in [-0.39, 0.29) is 5.91 Å². The molecule has 0 saturated carbocycles. The number of rotatable bonds is 11. The lowest BCUT2D eigenvalue weighted by molar-refractivity contribution is -0.120. The van der Waals surface area contributed by atoms with Gasteiger partial charge in [0.2, 0.25) is 5.91 Å². The van der Waals surface area contributed by atoms with Gasteiger partial charge in [0.05, 0.1) is 24.0 Å². The number of hydrogen-bond acceptors (Lipinski definition) is 2. The van der Waals surface area contributed by atoms with Crippen molar-refractivity contribution in [3.8, 4) is 11.1 Å². The Bertz CT molecular complexity index is 1250. The summed E-state index contributed by atoms with van der Waals surface area (Å²) in [6.45, 7) is 5.42. The Labute approximate surface area is 209 Å². The van der Waals surface area contributed by atoms with Crippen molar-refractivity contribution >= 4 is 32.9 Å². The molecule has 0 bridgehead atoms. The molecule has 4 aromatic rings. The van der Waals surface area contributed by atoms with E-state index in [0.29, 0.717) is 13.0 Å². The molecule has 1 heterocycles. The fourth-order valence-corrected chi connectivity index (χ4v) is 4.42. The van der Waals surface area contributed by atoms with Crippen molar-refractivity contribution in [1.82, 2.24) is 14.9 Å². The quantitative estimate of drug-likeness (QED) is 0.226. The summed E-state index contributed by atoms with van der Waals surface area (Å²) in [5.74, 6) is 1.16.